The summed E-state index contributed by atoms with van der Waals surface area (Å²) in [6.45, 7) is 4.47. The molecule has 4 nitrogen and oxygen atoms in total. The molecule has 0 saturated carbocycles. The quantitative estimate of drug-likeness (QED) is 0.601. The van der Waals surface area contributed by atoms with Gasteiger partial charge >= 0.3 is 0 Å². The van der Waals surface area contributed by atoms with E-state index in [1.807, 2.05) is 57.1 Å². The van der Waals surface area contributed by atoms with E-state index in [0.717, 1.165) is 17.9 Å². The Hall–Kier alpha value is -1.71. The van der Waals surface area contributed by atoms with Crippen molar-refractivity contribution in [2.45, 2.75) is 20.3 Å². The Labute approximate surface area is 109 Å². The fourth-order valence-corrected chi connectivity index (χ4v) is 1.41. The van der Waals surface area contributed by atoms with Crippen LogP contribution in [0.15, 0.2) is 24.3 Å². The summed E-state index contributed by atoms with van der Waals surface area (Å²) in [6.07, 6.45) is 0.731. The number of rotatable bonds is 6. The largest absolute Gasteiger partial charge is 0.493 e. The van der Waals surface area contributed by atoms with Crippen LogP contribution in [0.4, 0.5) is 5.69 Å². The first-order chi connectivity index (χ1) is 8.33. The summed E-state index contributed by atoms with van der Waals surface area (Å²) >= 11 is 0. The third-order valence-electron chi connectivity index (χ3n) is 3.06. The molecule has 0 aliphatic rings. The minimum atomic E-state index is -0.306. The van der Waals surface area contributed by atoms with E-state index in [-0.39, 0.29) is 11.3 Å². The average molecular weight is 249 g/mol. The lowest BCUT2D eigenvalue weighted by Crippen LogP contribution is -2.32. The van der Waals surface area contributed by atoms with E-state index in [9.17, 15) is 0 Å². The second-order valence-corrected chi connectivity index (χ2v) is 5.29. The summed E-state index contributed by atoms with van der Waals surface area (Å²) in [5.41, 5.74) is 6.34. The fourth-order valence-electron chi connectivity index (χ4n) is 1.41. The van der Waals surface area contributed by atoms with Crippen molar-refractivity contribution in [1.29, 1.82) is 5.41 Å². The van der Waals surface area contributed by atoms with E-state index in [2.05, 4.69) is 0 Å². The van der Waals surface area contributed by atoms with E-state index in [0.29, 0.717) is 6.61 Å². The molecule has 0 bridgehead atoms. The summed E-state index contributed by atoms with van der Waals surface area (Å²) in [5, 5.41) is 7.49. The summed E-state index contributed by atoms with van der Waals surface area (Å²) < 4.78 is 5.70. The molecule has 1 rings (SSSR count). The summed E-state index contributed by atoms with van der Waals surface area (Å²) in [6, 6.07) is 7.95. The minimum absolute atomic E-state index is 0.202. The van der Waals surface area contributed by atoms with Crippen LogP contribution in [0, 0.1) is 10.8 Å². The number of hydrogen-bond acceptors (Lipinski definition) is 3. The molecule has 0 radical (unpaired) electrons. The van der Waals surface area contributed by atoms with E-state index in [4.69, 9.17) is 15.9 Å². The van der Waals surface area contributed by atoms with Gasteiger partial charge in [-0.05, 0) is 18.6 Å². The third-order valence-corrected chi connectivity index (χ3v) is 3.06. The Morgan fingerprint density at radius 3 is 2.61 bits per heavy atom. The molecule has 0 fully saturated rings. The van der Waals surface area contributed by atoms with Crippen LogP contribution >= 0.6 is 0 Å². The molecular weight excluding hydrogens is 226 g/mol. The number of hydrogen-bond donors (Lipinski definition) is 2. The van der Waals surface area contributed by atoms with Crippen molar-refractivity contribution in [3.63, 3.8) is 0 Å². The Morgan fingerprint density at radius 1 is 1.39 bits per heavy atom. The van der Waals surface area contributed by atoms with Crippen LogP contribution in [0.1, 0.15) is 20.3 Å². The maximum Gasteiger partial charge on any atom is 0.121 e. The highest BCUT2D eigenvalue weighted by Crippen LogP contribution is 2.22. The number of ether oxygens (including phenoxy) is 1. The molecule has 0 amide bonds. The van der Waals surface area contributed by atoms with E-state index < -0.39 is 0 Å². The molecule has 100 valence electrons. The third kappa shape index (κ3) is 3.95. The molecule has 0 aromatic heterocycles. The zero-order valence-corrected chi connectivity index (χ0v) is 11.7. The van der Waals surface area contributed by atoms with Gasteiger partial charge in [-0.2, -0.15) is 0 Å². The van der Waals surface area contributed by atoms with Gasteiger partial charge in [0.15, 0.2) is 0 Å². The first-order valence-corrected chi connectivity index (χ1v) is 6.07. The number of nitrogens with two attached hydrogens (primary N) is 1. The Morgan fingerprint density at radius 2 is 2.06 bits per heavy atom. The van der Waals surface area contributed by atoms with Crippen LogP contribution in [-0.2, 0) is 0 Å². The van der Waals surface area contributed by atoms with Gasteiger partial charge in [-0.1, -0.05) is 19.9 Å². The number of anilines is 1. The number of benzene rings is 1. The molecule has 3 N–H and O–H groups in total. The second kappa shape index (κ2) is 5.76. The summed E-state index contributed by atoms with van der Waals surface area (Å²) in [5.74, 6) is 1.05. The molecule has 18 heavy (non-hydrogen) atoms. The Kier molecular flexibility index (Phi) is 4.59. The zero-order valence-electron chi connectivity index (χ0n) is 11.7. The van der Waals surface area contributed by atoms with Crippen molar-refractivity contribution in [2.24, 2.45) is 11.1 Å². The van der Waals surface area contributed by atoms with Gasteiger partial charge in [0.05, 0.1) is 12.4 Å². The predicted molar refractivity (Wildman–Crippen MR) is 76.6 cm³/mol. The predicted octanol–water partition coefficient (Wildman–Crippen LogP) is 2.48. The maximum absolute atomic E-state index is 7.49. The van der Waals surface area contributed by atoms with Gasteiger partial charge < -0.3 is 15.4 Å². The van der Waals surface area contributed by atoms with E-state index in [1.54, 1.807) is 0 Å². The van der Waals surface area contributed by atoms with Crippen molar-refractivity contribution in [2.75, 3.05) is 25.6 Å². The SMILES string of the molecule is CN(C)c1cccc(OCCC(C)(C)C(=N)N)c1. The lowest BCUT2D eigenvalue weighted by atomic mass is 9.88. The molecule has 1 aromatic rings. The smallest absolute Gasteiger partial charge is 0.121 e. The molecule has 0 spiro atoms. The molecule has 0 heterocycles. The highest BCUT2D eigenvalue weighted by Gasteiger charge is 2.21. The van der Waals surface area contributed by atoms with Crippen LogP contribution < -0.4 is 15.4 Å². The van der Waals surface area contributed by atoms with Gasteiger partial charge in [-0.3, -0.25) is 5.41 Å². The molecular formula is C14H23N3O. The van der Waals surface area contributed by atoms with Crippen LogP contribution in [0.25, 0.3) is 0 Å². The molecule has 1 aromatic carbocycles. The lowest BCUT2D eigenvalue weighted by molar-refractivity contribution is 0.269. The van der Waals surface area contributed by atoms with Gasteiger partial charge in [-0.15, -0.1) is 0 Å². The normalized spacial score (nSPS) is 11.1. The standard InChI is InChI=1S/C14H23N3O/c1-14(2,13(15)16)8-9-18-12-7-5-6-11(10-12)17(3)4/h5-7,10H,8-9H2,1-4H3,(H3,15,16). The van der Waals surface area contributed by atoms with Gasteiger partial charge in [0.1, 0.15) is 5.75 Å². The molecule has 0 aliphatic carbocycles. The monoisotopic (exact) mass is 249 g/mol. The number of nitrogens with one attached hydrogen (secondary N) is 1. The fraction of sp³-hybridized carbons (Fsp3) is 0.500. The van der Waals surface area contributed by atoms with E-state index in [1.165, 1.54) is 0 Å². The van der Waals surface area contributed by atoms with Gasteiger partial charge in [-0.25, -0.2) is 0 Å². The Bertz CT molecular complexity index is 413. The Balaban J connectivity index is 2.54. The van der Waals surface area contributed by atoms with Crippen molar-refractivity contribution in [3.8, 4) is 5.75 Å². The first-order valence-electron chi connectivity index (χ1n) is 6.07. The van der Waals surface area contributed by atoms with Crippen molar-refractivity contribution >= 4 is 11.5 Å². The van der Waals surface area contributed by atoms with Crippen molar-refractivity contribution in [1.82, 2.24) is 0 Å². The van der Waals surface area contributed by atoms with Gasteiger partial charge in [0.25, 0.3) is 0 Å². The van der Waals surface area contributed by atoms with Gasteiger partial charge in [0.2, 0.25) is 0 Å². The van der Waals surface area contributed by atoms with Crippen LogP contribution in [0.2, 0.25) is 0 Å². The average Bonchev–Trinajstić information content (AvgIpc) is 2.29. The van der Waals surface area contributed by atoms with Crippen molar-refractivity contribution < 1.29 is 4.74 Å². The van der Waals surface area contributed by atoms with Crippen molar-refractivity contribution in [3.05, 3.63) is 24.3 Å². The summed E-state index contributed by atoms with van der Waals surface area (Å²) in [7, 11) is 4.00. The highest BCUT2D eigenvalue weighted by molar-refractivity contribution is 5.82. The highest BCUT2D eigenvalue weighted by atomic mass is 16.5. The molecule has 0 aliphatic heterocycles. The number of amidine groups is 1. The van der Waals surface area contributed by atoms with Crippen LogP contribution in [-0.4, -0.2) is 26.5 Å². The number of nitrogens with zero attached hydrogens (tertiary/aromatic N) is 1. The topological polar surface area (TPSA) is 62.3 Å². The minimum Gasteiger partial charge on any atom is -0.493 e. The molecule has 0 atom stereocenters. The molecule has 4 heteroatoms. The first kappa shape index (κ1) is 14.4. The maximum atomic E-state index is 7.49. The molecule has 0 unspecified atom stereocenters. The van der Waals surface area contributed by atoms with E-state index >= 15 is 0 Å². The zero-order chi connectivity index (χ0) is 13.8. The summed E-state index contributed by atoms with van der Waals surface area (Å²) in [4.78, 5) is 2.03. The van der Waals surface area contributed by atoms with Gasteiger partial charge in [0, 0.05) is 31.3 Å². The van der Waals surface area contributed by atoms with Crippen LogP contribution in [0.5, 0.6) is 5.75 Å². The second-order valence-electron chi connectivity index (χ2n) is 5.29. The van der Waals surface area contributed by atoms with Crippen LogP contribution in [0.3, 0.4) is 0 Å². The lowest BCUT2D eigenvalue weighted by Gasteiger charge is -2.23. The molecule has 0 saturated heterocycles.